The normalized spacial score (nSPS) is 8.88. The lowest BCUT2D eigenvalue weighted by atomic mass is 10.1. The van der Waals surface area contributed by atoms with Crippen LogP contribution in [-0.2, 0) is 9.53 Å². The van der Waals surface area contributed by atoms with Crippen LogP contribution in [0, 0.1) is 11.8 Å². The van der Waals surface area contributed by atoms with Gasteiger partial charge in [0, 0.05) is 29.4 Å². The number of hydrogen-bond acceptors (Lipinski definition) is 4. The zero-order valence-corrected chi connectivity index (χ0v) is 9.11. The molecular weight excluding hydrogens is 206 g/mol. The molecule has 16 heavy (non-hydrogen) atoms. The number of pyridine rings is 1. The Morgan fingerprint density at radius 3 is 2.81 bits per heavy atom. The zero-order valence-electron chi connectivity index (χ0n) is 9.11. The van der Waals surface area contributed by atoms with E-state index in [2.05, 4.69) is 21.6 Å². The van der Waals surface area contributed by atoms with Gasteiger partial charge in [0.1, 0.15) is 0 Å². The van der Waals surface area contributed by atoms with E-state index in [4.69, 9.17) is 0 Å². The van der Waals surface area contributed by atoms with E-state index in [0.717, 1.165) is 0 Å². The molecule has 0 spiro atoms. The molecule has 1 heterocycles. The largest absolute Gasteiger partial charge is 0.456 e. The van der Waals surface area contributed by atoms with Crippen LogP contribution < -0.4 is 0 Å². The summed E-state index contributed by atoms with van der Waals surface area (Å²) in [5, 5.41) is 0. The number of ether oxygens (including phenoxy) is 1. The maximum Gasteiger partial charge on any atom is 0.384 e. The molecule has 4 nitrogen and oxygen atoms in total. The van der Waals surface area contributed by atoms with Crippen molar-refractivity contribution in [2.45, 2.75) is 13.8 Å². The number of ketones is 1. The maximum absolute atomic E-state index is 11.1. The second-order valence-corrected chi connectivity index (χ2v) is 2.99. The molecule has 1 aromatic rings. The summed E-state index contributed by atoms with van der Waals surface area (Å²) in [6.45, 7) is 3.44. The fraction of sp³-hybridized carbons (Fsp3) is 0.250. The van der Waals surface area contributed by atoms with Gasteiger partial charge in [-0.25, -0.2) is 4.79 Å². The number of aromatic nitrogens is 1. The van der Waals surface area contributed by atoms with Crippen LogP contribution in [0.1, 0.15) is 29.8 Å². The number of Topliss-reactive ketones (excluding diaryl/α,β-unsaturated/α-hetero) is 1. The van der Waals surface area contributed by atoms with Crippen molar-refractivity contribution < 1.29 is 14.3 Å². The van der Waals surface area contributed by atoms with Gasteiger partial charge in [-0.15, -0.1) is 0 Å². The highest BCUT2D eigenvalue weighted by Crippen LogP contribution is 2.01. The third kappa shape index (κ3) is 3.54. The molecule has 0 radical (unpaired) electrons. The summed E-state index contributed by atoms with van der Waals surface area (Å²) < 4.78 is 4.64. The van der Waals surface area contributed by atoms with Crippen LogP contribution in [0.25, 0.3) is 0 Å². The molecule has 0 aromatic carbocycles. The van der Waals surface area contributed by atoms with Crippen LogP contribution in [0.3, 0.4) is 0 Å². The predicted molar refractivity (Wildman–Crippen MR) is 57.8 cm³/mol. The van der Waals surface area contributed by atoms with E-state index in [0.29, 0.717) is 17.7 Å². The number of rotatable bonds is 2. The van der Waals surface area contributed by atoms with Crippen molar-refractivity contribution in [3.8, 4) is 11.8 Å². The van der Waals surface area contributed by atoms with Gasteiger partial charge in [0.2, 0.25) is 0 Å². The van der Waals surface area contributed by atoms with Crippen molar-refractivity contribution in [3.63, 3.8) is 0 Å². The van der Waals surface area contributed by atoms with E-state index < -0.39 is 5.97 Å². The minimum Gasteiger partial charge on any atom is -0.456 e. The first-order valence-electron chi connectivity index (χ1n) is 4.78. The van der Waals surface area contributed by atoms with E-state index in [9.17, 15) is 9.59 Å². The van der Waals surface area contributed by atoms with Crippen molar-refractivity contribution in [1.29, 1.82) is 0 Å². The highest BCUT2D eigenvalue weighted by atomic mass is 16.5. The minimum absolute atomic E-state index is 0.0905. The van der Waals surface area contributed by atoms with Crippen LogP contribution in [0.2, 0.25) is 0 Å². The van der Waals surface area contributed by atoms with Crippen molar-refractivity contribution in [2.75, 3.05) is 6.61 Å². The summed E-state index contributed by atoms with van der Waals surface area (Å²) >= 11 is 0. The summed E-state index contributed by atoms with van der Waals surface area (Å²) in [6.07, 6.45) is 2.94. The number of carbonyl (C=O) groups is 2. The Hall–Kier alpha value is -2.15. The van der Waals surface area contributed by atoms with Crippen LogP contribution in [-0.4, -0.2) is 23.3 Å². The van der Waals surface area contributed by atoms with E-state index in [1.54, 1.807) is 13.0 Å². The summed E-state index contributed by atoms with van der Waals surface area (Å²) in [7, 11) is 0. The quantitative estimate of drug-likeness (QED) is 0.424. The summed E-state index contributed by atoms with van der Waals surface area (Å²) in [5.74, 6) is 4.21. The molecular formula is C12H11NO3. The molecule has 0 N–H and O–H groups in total. The van der Waals surface area contributed by atoms with Gasteiger partial charge in [0.05, 0.1) is 6.61 Å². The number of hydrogen-bond donors (Lipinski definition) is 0. The summed E-state index contributed by atoms with van der Waals surface area (Å²) in [4.78, 5) is 25.9. The number of esters is 1. The molecule has 0 saturated carbocycles. The second kappa shape index (κ2) is 5.66. The molecule has 0 fully saturated rings. The Labute approximate surface area is 93.6 Å². The molecule has 0 amide bonds. The molecule has 4 heteroatoms. The third-order valence-corrected chi connectivity index (χ3v) is 1.73. The van der Waals surface area contributed by atoms with Gasteiger partial charge in [-0.3, -0.25) is 9.78 Å². The fourth-order valence-electron chi connectivity index (χ4n) is 0.991. The lowest BCUT2D eigenvalue weighted by molar-refractivity contribution is -0.136. The first-order chi connectivity index (χ1) is 7.63. The molecule has 0 aliphatic rings. The smallest absolute Gasteiger partial charge is 0.384 e. The molecule has 1 rings (SSSR count). The van der Waals surface area contributed by atoms with Crippen LogP contribution in [0.4, 0.5) is 0 Å². The average Bonchev–Trinajstić information content (AvgIpc) is 2.27. The Morgan fingerprint density at radius 1 is 1.44 bits per heavy atom. The van der Waals surface area contributed by atoms with E-state index >= 15 is 0 Å². The third-order valence-electron chi connectivity index (χ3n) is 1.73. The Balaban J connectivity index is 2.85. The zero-order chi connectivity index (χ0) is 12.0. The number of carbonyl (C=O) groups excluding carboxylic acids is 2. The van der Waals surface area contributed by atoms with Crippen molar-refractivity contribution >= 4 is 11.8 Å². The van der Waals surface area contributed by atoms with Gasteiger partial charge in [-0.05, 0) is 19.9 Å². The molecule has 0 atom stereocenters. The van der Waals surface area contributed by atoms with E-state index in [1.165, 1.54) is 19.3 Å². The van der Waals surface area contributed by atoms with Crippen molar-refractivity contribution in [3.05, 3.63) is 29.6 Å². The lowest BCUT2D eigenvalue weighted by Gasteiger charge is -1.95. The molecule has 0 aliphatic heterocycles. The van der Waals surface area contributed by atoms with Crippen LogP contribution >= 0.6 is 0 Å². The fourth-order valence-corrected chi connectivity index (χ4v) is 0.991. The first-order valence-corrected chi connectivity index (χ1v) is 4.78. The molecule has 0 aliphatic carbocycles. The highest BCUT2D eigenvalue weighted by molar-refractivity contribution is 5.94. The monoisotopic (exact) mass is 217 g/mol. The Morgan fingerprint density at radius 2 is 2.19 bits per heavy atom. The predicted octanol–water partition coefficient (Wildman–Crippen LogP) is 1.20. The van der Waals surface area contributed by atoms with Crippen LogP contribution in [0.15, 0.2) is 18.5 Å². The first kappa shape index (κ1) is 11.9. The molecule has 1 aromatic heterocycles. The lowest BCUT2D eigenvalue weighted by Crippen LogP contribution is -2.00. The van der Waals surface area contributed by atoms with Crippen molar-refractivity contribution in [1.82, 2.24) is 4.98 Å². The van der Waals surface area contributed by atoms with E-state index in [-0.39, 0.29) is 5.78 Å². The Kier molecular flexibility index (Phi) is 4.22. The molecule has 0 unspecified atom stereocenters. The SMILES string of the molecule is CCOC(=O)C#Cc1cncc(C(C)=O)c1. The second-order valence-electron chi connectivity index (χ2n) is 2.99. The van der Waals surface area contributed by atoms with Gasteiger partial charge in [0.25, 0.3) is 0 Å². The van der Waals surface area contributed by atoms with Gasteiger partial charge < -0.3 is 4.74 Å². The minimum atomic E-state index is -0.587. The molecule has 0 saturated heterocycles. The van der Waals surface area contributed by atoms with Gasteiger partial charge in [0.15, 0.2) is 5.78 Å². The highest BCUT2D eigenvalue weighted by Gasteiger charge is 2.00. The van der Waals surface area contributed by atoms with E-state index in [1.807, 2.05) is 0 Å². The van der Waals surface area contributed by atoms with Gasteiger partial charge in [-0.1, -0.05) is 5.92 Å². The van der Waals surface area contributed by atoms with Gasteiger partial charge >= 0.3 is 5.97 Å². The topological polar surface area (TPSA) is 56.3 Å². The summed E-state index contributed by atoms with van der Waals surface area (Å²) in [6, 6.07) is 1.58. The molecule has 0 bridgehead atoms. The average molecular weight is 217 g/mol. The van der Waals surface area contributed by atoms with Crippen molar-refractivity contribution in [2.24, 2.45) is 0 Å². The van der Waals surface area contributed by atoms with Crippen LogP contribution in [0.5, 0.6) is 0 Å². The maximum atomic E-state index is 11.1. The number of nitrogens with zero attached hydrogens (tertiary/aromatic N) is 1. The molecule has 82 valence electrons. The Bertz CT molecular complexity index is 469. The standard InChI is InChI=1S/C12H11NO3/c1-3-16-12(15)5-4-10-6-11(9(2)14)8-13-7-10/h6-8H,3H2,1-2H3. The van der Waals surface area contributed by atoms with Gasteiger partial charge in [-0.2, -0.15) is 0 Å². The summed E-state index contributed by atoms with van der Waals surface area (Å²) in [5.41, 5.74) is 0.983.